The number of carbonyl (C=O) groups is 1. The van der Waals surface area contributed by atoms with Crippen molar-refractivity contribution >= 4 is 49.3 Å². The van der Waals surface area contributed by atoms with Gasteiger partial charge in [0.2, 0.25) is 0 Å². The number of nitrogen functional groups attached to an aromatic ring is 1. The molecule has 0 spiro atoms. The molecule has 1 aliphatic heterocycles. The largest absolute Gasteiger partial charge is 0.399 e. The highest BCUT2D eigenvalue weighted by molar-refractivity contribution is 9.11. The van der Waals surface area contributed by atoms with Gasteiger partial charge in [0, 0.05) is 27.7 Å². The van der Waals surface area contributed by atoms with Gasteiger partial charge in [-0.25, -0.2) is 4.79 Å². The maximum Gasteiger partial charge on any atom is 0.321 e. The minimum absolute atomic E-state index is 0.0481. The second-order valence-electron chi connectivity index (χ2n) is 4.69. The molecule has 0 unspecified atom stereocenters. The molecule has 4 nitrogen and oxygen atoms in total. The summed E-state index contributed by atoms with van der Waals surface area (Å²) in [5, 5.41) is 2.94. The van der Waals surface area contributed by atoms with Crippen LogP contribution in [0.15, 0.2) is 21.1 Å². The molecule has 0 aliphatic carbocycles. The molecule has 1 heterocycles. The highest BCUT2D eigenvalue weighted by atomic mass is 79.9. The van der Waals surface area contributed by atoms with E-state index >= 15 is 0 Å². The summed E-state index contributed by atoms with van der Waals surface area (Å²) in [5.74, 6) is 0. The van der Waals surface area contributed by atoms with Gasteiger partial charge in [-0.15, -0.1) is 0 Å². The molecule has 104 valence electrons. The van der Waals surface area contributed by atoms with Gasteiger partial charge in [-0.05, 0) is 56.8 Å². The topological polar surface area (TPSA) is 58.4 Å². The van der Waals surface area contributed by atoms with Crippen LogP contribution in [0.2, 0.25) is 0 Å². The Labute approximate surface area is 130 Å². The van der Waals surface area contributed by atoms with E-state index in [0.29, 0.717) is 5.69 Å². The van der Waals surface area contributed by atoms with Crippen LogP contribution >= 0.6 is 31.9 Å². The Hall–Kier alpha value is -0.750. The fraction of sp³-hybridized carbons (Fsp3) is 0.462. The van der Waals surface area contributed by atoms with Gasteiger partial charge in [-0.2, -0.15) is 0 Å². The van der Waals surface area contributed by atoms with Gasteiger partial charge in [0.05, 0.1) is 5.69 Å². The molecule has 1 fully saturated rings. The molecule has 0 radical (unpaired) electrons. The van der Waals surface area contributed by atoms with Crippen LogP contribution in [0, 0.1) is 0 Å². The first kappa shape index (κ1) is 14.7. The van der Waals surface area contributed by atoms with Crippen LogP contribution in [0.25, 0.3) is 0 Å². The van der Waals surface area contributed by atoms with Crippen molar-refractivity contribution < 1.29 is 4.79 Å². The lowest BCUT2D eigenvalue weighted by Crippen LogP contribution is -2.35. The molecule has 2 amide bonds. The summed E-state index contributed by atoms with van der Waals surface area (Å²) < 4.78 is 1.56. The van der Waals surface area contributed by atoms with Crippen LogP contribution in [-0.2, 0) is 0 Å². The van der Waals surface area contributed by atoms with Gasteiger partial charge in [0.1, 0.15) is 0 Å². The molecule has 1 aromatic rings. The van der Waals surface area contributed by atoms with Crippen molar-refractivity contribution in [3.63, 3.8) is 0 Å². The zero-order chi connectivity index (χ0) is 13.8. The molecule has 0 saturated carbocycles. The zero-order valence-electron chi connectivity index (χ0n) is 10.6. The number of halogens is 2. The van der Waals surface area contributed by atoms with Crippen molar-refractivity contribution in [1.29, 1.82) is 0 Å². The number of carbonyl (C=O) groups excluding carboxylic acids is 1. The van der Waals surface area contributed by atoms with E-state index in [2.05, 4.69) is 37.2 Å². The van der Waals surface area contributed by atoms with Crippen molar-refractivity contribution in [2.75, 3.05) is 24.1 Å². The van der Waals surface area contributed by atoms with Crippen LogP contribution in [0.3, 0.4) is 0 Å². The van der Waals surface area contributed by atoms with Crippen LogP contribution in [0.5, 0.6) is 0 Å². The number of anilines is 2. The number of nitrogens with two attached hydrogens (primary N) is 1. The normalized spacial score (nSPS) is 16.0. The SMILES string of the molecule is Nc1cc(Br)c(NC(=O)N2CCCCCC2)c(Br)c1. The van der Waals surface area contributed by atoms with Gasteiger partial charge >= 0.3 is 6.03 Å². The van der Waals surface area contributed by atoms with Crippen molar-refractivity contribution in [3.8, 4) is 0 Å². The summed E-state index contributed by atoms with van der Waals surface area (Å²) in [6.45, 7) is 1.66. The molecule has 1 aliphatic rings. The van der Waals surface area contributed by atoms with Gasteiger partial charge in [-0.1, -0.05) is 12.8 Å². The number of urea groups is 1. The highest BCUT2D eigenvalue weighted by Crippen LogP contribution is 2.33. The van der Waals surface area contributed by atoms with E-state index in [-0.39, 0.29) is 6.03 Å². The fourth-order valence-electron chi connectivity index (χ4n) is 2.17. The molecule has 6 heteroatoms. The van der Waals surface area contributed by atoms with Crippen molar-refractivity contribution in [3.05, 3.63) is 21.1 Å². The van der Waals surface area contributed by atoms with Crippen LogP contribution in [-0.4, -0.2) is 24.0 Å². The summed E-state index contributed by atoms with van der Waals surface area (Å²) in [5.41, 5.74) is 7.11. The standard InChI is InChI=1S/C13H17Br2N3O/c14-10-7-9(16)8-11(15)12(10)17-13(19)18-5-3-1-2-4-6-18/h7-8H,1-6,16H2,(H,17,19). The first-order valence-corrected chi connectivity index (χ1v) is 7.97. The Morgan fingerprint density at radius 2 is 1.63 bits per heavy atom. The predicted molar refractivity (Wildman–Crippen MR) is 85.3 cm³/mol. The summed E-state index contributed by atoms with van der Waals surface area (Å²) in [4.78, 5) is 14.1. The summed E-state index contributed by atoms with van der Waals surface area (Å²) in [7, 11) is 0. The van der Waals surface area contributed by atoms with Gasteiger partial charge in [-0.3, -0.25) is 0 Å². The Kier molecular flexibility index (Phi) is 5.10. The van der Waals surface area contributed by atoms with Crippen molar-refractivity contribution in [1.82, 2.24) is 4.90 Å². The summed E-state index contributed by atoms with van der Waals surface area (Å²) in [6.07, 6.45) is 4.58. The smallest absolute Gasteiger partial charge is 0.321 e. The van der Waals surface area contributed by atoms with E-state index in [0.717, 1.165) is 40.6 Å². The predicted octanol–water partition coefficient (Wildman–Crippen LogP) is 4.20. The third-order valence-corrected chi connectivity index (χ3v) is 4.44. The number of rotatable bonds is 1. The van der Waals surface area contributed by atoms with E-state index in [9.17, 15) is 4.79 Å². The summed E-state index contributed by atoms with van der Waals surface area (Å²) in [6, 6.07) is 3.51. The van der Waals surface area contributed by atoms with Gasteiger partial charge < -0.3 is 16.0 Å². The van der Waals surface area contributed by atoms with Crippen LogP contribution < -0.4 is 11.1 Å². The van der Waals surface area contributed by atoms with E-state index in [1.54, 1.807) is 12.1 Å². The lowest BCUT2D eigenvalue weighted by atomic mass is 10.2. The molecule has 0 bridgehead atoms. The third-order valence-electron chi connectivity index (χ3n) is 3.19. The van der Waals surface area contributed by atoms with Crippen LogP contribution in [0.4, 0.5) is 16.2 Å². The van der Waals surface area contributed by atoms with Crippen molar-refractivity contribution in [2.45, 2.75) is 25.7 Å². The number of hydrogen-bond acceptors (Lipinski definition) is 2. The molecule has 1 saturated heterocycles. The maximum atomic E-state index is 12.3. The highest BCUT2D eigenvalue weighted by Gasteiger charge is 2.17. The number of amides is 2. The number of likely N-dealkylation sites (tertiary alicyclic amines) is 1. The molecule has 19 heavy (non-hydrogen) atoms. The Morgan fingerprint density at radius 1 is 1.11 bits per heavy atom. The monoisotopic (exact) mass is 389 g/mol. The van der Waals surface area contributed by atoms with E-state index < -0.39 is 0 Å². The summed E-state index contributed by atoms with van der Waals surface area (Å²) >= 11 is 6.85. The average molecular weight is 391 g/mol. The van der Waals surface area contributed by atoms with E-state index in [1.165, 1.54) is 12.8 Å². The molecule has 3 N–H and O–H groups in total. The molecule has 1 aromatic carbocycles. The van der Waals surface area contributed by atoms with Crippen molar-refractivity contribution in [2.24, 2.45) is 0 Å². The van der Waals surface area contributed by atoms with E-state index in [4.69, 9.17) is 5.73 Å². The number of hydrogen-bond donors (Lipinski definition) is 2. The first-order valence-electron chi connectivity index (χ1n) is 6.38. The molecular weight excluding hydrogens is 374 g/mol. The molecule has 0 atom stereocenters. The second kappa shape index (κ2) is 6.61. The quantitative estimate of drug-likeness (QED) is 0.706. The average Bonchev–Trinajstić information content (AvgIpc) is 2.62. The number of benzene rings is 1. The maximum absolute atomic E-state index is 12.3. The first-order chi connectivity index (χ1) is 9.08. The molecular formula is C13H17Br2N3O. The second-order valence-corrected chi connectivity index (χ2v) is 6.40. The minimum Gasteiger partial charge on any atom is -0.399 e. The fourth-order valence-corrected chi connectivity index (χ4v) is 3.59. The Morgan fingerprint density at radius 3 is 2.16 bits per heavy atom. The lowest BCUT2D eigenvalue weighted by Gasteiger charge is -2.21. The number of nitrogens with one attached hydrogen (secondary N) is 1. The van der Waals surface area contributed by atoms with Gasteiger partial charge in [0.25, 0.3) is 0 Å². The van der Waals surface area contributed by atoms with E-state index in [1.807, 2.05) is 4.90 Å². The van der Waals surface area contributed by atoms with Crippen LogP contribution in [0.1, 0.15) is 25.7 Å². The lowest BCUT2D eigenvalue weighted by molar-refractivity contribution is 0.213. The number of nitrogens with zero attached hydrogens (tertiary/aromatic N) is 1. The molecule has 2 rings (SSSR count). The Bertz CT molecular complexity index is 448. The Balaban J connectivity index is 2.10. The zero-order valence-corrected chi connectivity index (χ0v) is 13.8. The molecule has 0 aromatic heterocycles. The van der Waals surface area contributed by atoms with Gasteiger partial charge in [0.15, 0.2) is 0 Å². The third kappa shape index (κ3) is 3.86. The minimum atomic E-state index is -0.0481.